The molecule has 136 valence electrons. The highest BCUT2D eigenvalue weighted by molar-refractivity contribution is 5.86. The molecule has 1 amide bonds. The number of amides is 1. The molecule has 24 heavy (non-hydrogen) atoms. The van der Waals surface area contributed by atoms with E-state index in [-0.39, 0.29) is 37.0 Å². The summed E-state index contributed by atoms with van der Waals surface area (Å²) in [6.45, 7) is 0.218. The molecule has 0 aliphatic heterocycles. The van der Waals surface area contributed by atoms with E-state index in [4.69, 9.17) is 5.73 Å². The predicted octanol–water partition coefficient (Wildman–Crippen LogP) is 3.33. The van der Waals surface area contributed by atoms with E-state index in [1.807, 2.05) is 0 Å². The topological polar surface area (TPSA) is 64.4 Å². The molecular weight excluding hydrogens is 345 g/mol. The molecule has 3 N–H and O–H groups in total. The lowest BCUT2D eigenvalue weighted by Gasteiger charge is -2.31. The van der Waals surface area contributed by atoms with Crippen molar-refractivity contribution >= 4 is 18.3 Å². The van der Waals surface area contributed by atoms with Crippen LogP contribution in [0.4, 0.5) is 13.2 Å². The Labute approximate surface area is 145 Å². The molecule has 2 rings (SSSR count). The highest BCUT2D eigenvalue weighted by Gasteiger charge is 2.35. The van der Waals surface area contributed by atoms with Crippen molar-refractivity contribution in [1.29, 1.82) is 0 Å². The minimum absolute atomic E-state index is 0. The lowest BCUT2D eigenvalue weighted by Crippen LogP contribution is -2.55. The number of carbonyl (C=O) groups is 1. The van der Waals surface area contributed by atoms with Gasteiger partial charge in [0.2, 0.25) is 5.91 Å². The van der Waals surface area contributed by atoms with Gasteiger partial charge in [-0.05, 0) is 30.9 Å². The van der Waals surface area contributed by atoms with Gasteiger partial charge in [-0.1, -0.05) is 37.5 Å². The monoisotopic (exact) mass is 366 g/mol. The van der Waals surface area contributed by atoms with Crippen molar-refractivity contribution in [2.24, 2.45) is 5.73 Å². The van der Waals surface area contributed by atoms with Crippen molar-refractivity contribution in [2.45, 2.75) is 50.4 Å². The fourth-order valence-corrected chi connectivity index (χ4v) is 2.83. The summed E-state index contributed by atoms with van der Waals surface area (Å²) in [7, 11) is 0. The van der Waals surface area contributed by atoms with Gasteiger partial charge in [0.25, 0.3) is 0 Å². The summed E-state index contributed by atoms with van der Waals surface area (Å²) < 4.78 is 41.1. The molecule has 1 aliphatic carbocycles. The second-order valence-corrected chi connectivity index (χ2v) is 5.88. The Morgan fingerprint density at radius 1 is 1.21 bits per heavy atom. The van der Waals surface area contributed by atoms with Crippen LogP contribution in [-0.4, -0.2) is 24.4 Å². The molecule has 0 radical (unpaired) electrons. The van der Waals surface area contributed by atoms with Crippen LogP contribution in [0.1, 0.15) is 37.7 Å². The van der Waals surface area contributed by atoms with Crippen LogP contribution in [0.25, 0.3) is 0 Å². The first-order valence-corrected chi connectivity index (χ1v) is 7.71. The molecule has 4 nitrogen and oxygen atoms in total. The van der Waals surface area contributed by atoms with E-state index in [0.717, 1.165) is 19.3 Å². The third kappa shape index (κ3) is 5.87. The third-order valence-corrected chi connectivity index (χ3v) is 4.08. The van der Waals surface area contributed by atoms with Gasteiger partial charge < -0.3 is 15.8 Å². The van der Waals surface area contributed by atoms with E-state index in [9.17, 15) is 18.0 Å². The predicted molar refractivity (Wildman–Crippen MR) is 87.1 cm³/mol. The van der Waals surface area contributed by atoms with Crippen molar-refractivity contribution in [3.8, 4) is 5.75 Å². The van der Waals surface area contributed by atoms with Crippen molar-refractivity contribution < 1.29 is 22.7 Å². The lowest BCUT2D eigenvalue weighted by molar-refractivity contribution is -0.274. The first kappa shape index (κ1) is 20.6. The number of nitrogens with one attached hydrogen (secondary N) is 1. The maximum Gasteiger partial charge on any atom is 0.573 e. The smallest absolute Gasteiger partial charge is 0.406 e. The zero-order chi connectivity index (χ0) is 16.9. The summed E-state index contributed by atoms with van der Waals surface area (Å²) >= 11 is 0. The van der Waals surface area contributed by atoms with Crippen LogP contribution in [0, 0.1) is 0 Å². The molecule has 1 aliphatic rings. The van der Waals surface area contributed by atoms with Gasteiger partial charge in [-0.15, -0.1) is 25.6 Å². The Morgan fingerprint density at radius 3 is 2.46 bits per heavy atom. The van der Waals surface area contributed by atoms with Gasteiger partial charge in [-0.25, -0.2) is 0 Å². The quantitative estimate of drug-likeness (QED) is 0.840. The maximum absolute atomic E-state index is 12.4. The van der Waals surface area contributed by atoms with Gasteiger partial charge >= 0.3 is 6.36 Å². The Balaban J connectivity index is 0.00000288. The molecule has 1 aromatic rings. The minimum atomic E-state index is -4.73. The number of hydrogen-bond acceptors (Lipinski definition) is 3. The number of para-hydroxylation sites is 1. The summed E-state index contributed by atoms with van der Waals surface area (Å²) in [5.74, 6) is -0.471. The number of hydrogen-bond donors (Lipinski definition) is 2. The van der Waals surface area contributed by atoms with E-state index in [1.165, 1.54) is 12.1 Å². The summed E-state index contributed by atoms with van der Waals surface area (Å²) in [5, 5.41) is 2.73. The van der Waals surface area contributed by atoms with Crippen LogP contribution in [0.15, 0.2) is 24.3 Å². The Morgan fingerprint density at radius 2 is 1.83 bits per heavy atom. The van der Waals surface area contributed by atoms with Gasteiger partial charge in [0, 0.05) is 6.54 Å². The highest BCUT2D eigenvalue weighted by Crippen LogP contribution is 2.27. The van der Waals surface area contributed by atoms with Gasteiger partial charge in [-0.3, -0.25) is 4.79 Å². The fourth-order valence-electron chi connectivity index (χ4n) is 2.83. The summed E-state index contributed by atoms with van der Waals surface area (Å²) in [6.07, 6.45) is -0.275. The van der Waals surface area contributed by atoms with E-state index < -0.39 is 11.9 Å². The molecule has 0 bridgehead atoms. The van der Waals surface area contributed by atoms with Gasteiger partial charge in [0.05, 0.1) is 5.54 Å². The molecule has 0 heterocycles. The van der Waals surface area contributed by atoms with E-state index in [1.54, 1.807) is 12.1 Å². The maximum atomic E-state index is 12.4. The second kappa shape index (κ2) is 8.58. The minimum Gasteiger partial charge on any atom is -0.406 e. The van der Waals surface area contributed by atoms with Crippen LogP contribution in [-0.2, 0) is 11.2 Å². The zero-order valence-corrected chi connectivity index (χ0v) is 14.0. The number of halogens is 4. The molecule has 1 aromatic carbocycles. The number of carbonyl (C=O) groups excluding carboxylic acids is 1. The van der Waals surface area contributed by atoms with Crippen molar-refractivity contribution in [3.05, 3.63) is 29.8 Å². The Hall–Kier alpha value is -1.47. The molecule has 0 aromatic heterocycles. The van der Waals surface area contributed by atoms with Crippen LogP contribution < -0.4 is 15.8 Å². The van der Waals surface area contributed by atoms with E-state index >= 15 is 0 Å². The number of benzene rings is 1. The number of rotatable bonds is 5. The molecule has 0 atom stereocenters. The van der Waals surface area contributed by atoms with E-state index in [0.29, 0.717) is 18.4 Å². The first-order valence-electron chi connectivity index (χ1n) is 7.71. The third-order valence-electron chi connectivity index (χ3n) is 4.08. The zero-order valence-electron chi connectivity index (χ0n) is 13.2. The van der Waals surface area contributed by atoms with Gasteiger partial charge in [-0.2, -0.15) is 0 Å². The SMILES string of the molecule is Cl.NC1(C(=O)NCCc2ccccc2OC(F)(F)F)CCCCC1. The van der Waals surface area contributed by atoms with Crippen LogP contribution >= 0.6 is 12.4 Å². The average Bonchev–Trinajstić information content (AvgIpc) is 2.48. The number of alkyl halides is 3. The normalized spacial score (nSPS) is 16.8. The number of nitrogens with two attached hydrogens (primary N) is 1. The average molecular weight is 367 g/mol. The van der Waals surface area contributed by atoms with Gasteiger partial charge in [0.1, 0.15) is 5.75 Å². The van der Waals surface area contributed by atoms with Crippen LogP contribution in [0.3, 0.4) is 0 Å². The van der Waals surface area contributed by atoms with Crippen molar-refractivity contribution in [3.63, 3.8) is 0 Å². The summed E-state index contributed by atoms with van der Waals surface area (Å²) in [5.41, 5.74) is 5.65. The molecule has 1 saturated carbocycles. The van der Waals surface area contributed by atoms with Crippen LogP contribution in [0.5, 0.6) is 5.75 Å². The standard InChI is InChI=1S/C16H21F3N2O2.ClH/c17-16(18,19)23-13-7-3-2-6-12(13)8-11-21-14(22)15(20)9-4-1-5-10-15;/h2-3,6-7H,1,4-5,8-11,20H2,(H,21,22);1H. The number of ether oxygens (including phenoxy) is 1. The van der Waals surface area contributed by atoms with Crippen molar-refractivity contribution in [2.75, 3.05) is 6.54 Å². The van der Waals surface area contributed by atoms with E-state index in [2.05, 4.69) is 10.1 Å². The Bertz CT molecular complexity index is 546. The van der Waals surface area contributed by atoms with Crippen LogP contribution in [0.2, 0.25) is 0 Å². The molecule has 0 spiro atoms. The second-order valence-electron chi connectivity index (χ2n) is 5.88. The molecule has 0 unspecified atom stereocenters. The summed E-state index contributed by atoms with van der Waals surface area (Å²) in [4.78, 5) is 12.2. The molecule has 1 fully saturated rings. The largest absolute Gasteiger partial charge is 0.573 e. The molecular formula is C16H22ClF3N2O2. The fraction of sp³-hybridized carbons (Fsp3) is 0.562. The Kier molecular flexibility index (Phi) is 7.35. The molecule has 0 saturated heterocycles. The lowest BCUT2D eigenvalue weighted by atomic mass is 9.82. The molecule has 8 heteroatoms. The van der Waals surface area contributed by atoms with Crippen molar-refractivity contribution in [1.82, 2.24) is 5.32 Å². The summed E-state index contributed by atoms with van der Waals surface area (Å²) in [6, 6.07) is 5.91. The first-order chi connectivity index (χ1) is 10.8. The highest BCUT2D eigenvalue weighted by atomic mass is 35.5. The van der Waals surface area contributed by atoms with Gasteiger partial charge in [0.15, 0.2) is 0 Å².